The van der Waals surface area contributed by atoms with Gasteiger partial charge in [-0.15, -0.1) is 18.7 Å². The van der Waals surface area contributed by atoms with Crippen molar-refractivity contribution in [3.05, 3.63) is 96.3 Å². The van der Waals surface area contributed by atoms with Gasteiger partial charge in [0.05, 0.1) is 0 Å². The maximum atomic E-state index is 11.9. The van der Waals surface area contributed by atoms with Crippen LogP contribution in [0.5, 0.6) is 0 Å². The molecule has 1 N–H and O–H groups in total. The number of carbonyl (C=O) groups excluding carboxylic acids is 1. The third kappa shape index (κ3) is 6.25. The number of aliphatic hydroxyl groups excluding tert-OH is 1. The second kappa shape index (κ2) is 11.9. The highest BCUT2D eigenvalue weighted by atomic mass is 31.2. The van der Waals surface area contributed by atoms with Crippen LogP contribution in [0.4, 0.5) is 0 Å². The minimum absolute atomic E-state index is 0.271. The molecule has 0 spiro atoms. The van der Waals surface area contributed by atoms with Crippen LogP contribution in [0.1, 0.15) is 22.0 Å². The molecule has 7 nitrogen and oxygen atoms in total. The Morgan fingerprint density at radius 2 is 1.22 bits per heavy atom. The molecular formula is C24H34N4O3P+. The number of aromatic nitrogens is 1. The van der Waals surface area contributed by atoms with E-state index in [9.17, 15) is 9.90 Å². The Balaban J connectivity index is 0.000000227. The van der Waals surface area contributed by atoms with Crippen molar-refractivity contribution in [2.75, 3.05) is 42.3 Å². The van der Waals surface area contributed by atoms with Gasteiger partial charge in [-0.25, -0.2) is 4.62 Å². The quantitative estimate of drug-likeness (QED) is 0.409. The van der Waals surface area contributed by atoms with Gasteiger partial charge >= 0.3 is 7.94 Å². The normalized spacial score (nSPS) is 12.4. The summed E-state index contributed by atoms with van der Waals surface area (Å²) in [5.41, 5.74) is 1.15. The largest absolute Gasteiger partial charge is 0.447 e. The fraction of sp³-hybridized carbons (Fsp3) is 0.292. The number of benzene rings is 2. The Kier molecular flexibility index (Phi) is 9.57. The topological polar surface area (TPSA) is 61.2 Å². The molecule has 0 fully saturated rings. The van der Waals surface area contributed by atoms with E-state index in [2.05, 4.69) is 14.0 Å². The standard InChI is InChI=1S/C14H12O2.C10H22N4OP/c15-13(11-7-3-1-4-8-11)14(16)12-9-5-2-6-10-12;1-11(2)16(12(3)4,13(5)6)15-14-9-7-8-10-14/h1-10,13,15H;7-10H,1-6H3/q;+1. The second-order valence-electron chi connectivity index (χ2n) is 7.72. The van der Waals surface area contributed by atoms with Crippen molar-refractivity contribution >= 4 is 13.7 Å². The van der Waals surface area contributed by atoms with E-state index in [1.54, 1.807) is 53.3 Å². The van der Waals surface area contributed by atoms with Gasteiger partial charge in [0.15, 0.2) is 5.78 Å². The van der Waals surface area contributed by atoms with E-state index >= 15 is 0 Å². The zero-order valence-corrected chi connectivity index (χ0v) is 20.6. The second-order valence-corrected chi connectivity index (χ2v) is 11.3. The van der Waals surface area contributed by atoms with Crippen molar-refractivity contribution in [2.24, 2.45) is 0 Å². The lowest BCUT2D eigenvalue weighted by Crippen LogP contribution is -2.41. The highest BCUT2D eigenvalue weighted by Gasteiger charge is 2.53. The van der Waals surface area contributed by atoms with E-state index in [1.165, 1.54) is 0 Å². The lowest BCUT2D eigenvalue weighted by atomic mass is 10.0. The van der Waals surface area contributed by atoms with Crippen molar-refractivity contribution in [2.45, 2.75) is 6.10 Å². The van der Waals surface area contributed by atoms with Gasteiger partial charge in [-0.2, -0.15) is 0 Å². The molecule has 3 aromatic rings. The summed E-state index contributed by atoms with van der Waals surface area (Å²) in [6, 6.07) is 21.7. The molecule has 2 aromatic carbocycles. The van der Waals surface area contributed by atoms with Gasteiger partial charge in [0.25, 0.3) is 0 Å². The molecule has 172 valence electrons. The minimum Gasteiger partial charge on any atom is -0.380 e. The van der Waals surface area contributed by atoms with Gasteiger partial charge in [0.2, 0.25) is 0 Å². The molecule has 32 heavy (non-hydrogen) atoms. The Hall–Kier alpha value is -2.54. The van der Waals surface area contributed by atoms with Gasteiger partial charge < -0.3 is 5.11 Å². The summed E-state index contributed by atoms with van der Waals surface area (Å²) in [6.07, 6.45) is 2.74. The predicted octanol–water partition coefficient (Wildman–Crippen LogP) is 3.88. The smallest absolute Gasteiger partial charge is 0.380 e. The first-order valence-electron chi connectivity index (χ1n) is 10.3. The van der Waals surface area contributed by atoms with Crippen LogP contribution < -0.4 is 4.62 Å². The first kappa shape index (κ1) is 25.7. The summed E-state index contributed by atoms with van der Waals surface area (Å²) in [5.74, 6) is -0.271. The number of Topliss-reactive ketones (excluding diaryl/α,β-unsaturated/α-hetero) is 1. The van der Waals surface area contributed by atoms with Crippen molar-refractivity contribution in [3.8, 4) is 0 Å². The van der Waals surface area contributed by atoms with Crippen molar-refractivity contribution in [1.29, 1.82) is 0 Å². The third-order valence-corrected chi connectivity index (χ3v) is 8.30. The average Bonchev–Trinajstić information content (AvgIpc) is 3.30. The number of nitrogens with zero attached hydrogens (tertiary/aromatic N) is 4. The van der Waals surface area contributed by atoms with Gasteiger partial charge in [-0.3, -0.25) is 4.79 Å². The van der Waals surface area contributed by atoms with E-state index in [1.807, 2.05) is 78.9 Å². The number of ketones is 1. The monoisotopic (exact) mass is 457 g/mol. The molecule has 0 aliphatic heterocycles. The highest BCUT2D eigenvalue weighted by Crippen LogP contribution is 2.61. The van der Waals surface area contributed by atoms with E-state index in [0.29, 0.717) is 11.1 Å². The zero-order valence-electron chi connectivity index (χ0n) is 19.7. The number of hydrogen-bond acceptors (Lipinski definition) is 6. The van der Waals surface area contributed by atoms with Crippen LogP contribution in [0.2, 0.25) is 0 Å². The van der Waals surface area contributed by atoms with Crippen LogP contribution in [0.15, 0.2) is 85.2 Å². The van der Waals surface area contributed by atoms with Crippen LogP contribution in [-0.4, -0.2) is 71.9 Å². The summed E-state index contributed by atoms with van der Waals surface area (Å²) >= 11 is 0. The summed E-state index contributed by atoms with van der Waals surface area (Å²) in [4.78, 5) is 11.9. The van der Waals surface area contributed by atoms with E-state index in [4.69, 9.17) is 4.62 Å². The lowest BCUT2D eigenvalue weighted by molar-refractivity contribution is 0.0747. The van der Waals surface area contributed by atoms with Crippen molar-refractivity contribution in [3.63, 3.8) is 0 Å². The summed E-state index contributed by atoms with van der Waals surface area (Å²) in [7, 11) is 10.3. The van der Waals surface area contributed by atoms with Gasteiger partial charge in [0.1, 0.15) is 6.10 Å². The molecule has 1 aromatic heterocycles. The molecule has 8 heteroatoms. The fourth-order valence-electron chi connectivity index (χ4n) is 3.34. The van der Waals surface area contributed by atoms with Crippen LogP contribution in [0, 0.1) is 0 Å². The van der Waals surface area contributed by atoms with Crippen molar-refractivity contribution in [1.82, 2.24) is 18.7 Å². The van der Waals surface area contributed by atoms with Gasteiger partial charge in [-0.05, 0) is 17.7 Å². The van der Waals surface area contributed by atoms with Gasteiger partial charge in [-0.1, -0.05) is 60.7 Å². The average molecular weight is 458 g/mol. The number of rotatable bonds is 8. The number of hydrogen-bond donors (Lipinski definition) is 1. The molecule has 0 aliphatic rings. The molecule has 0 radical (unpaired) electrons. The summed E-state index contributed by atoms with van der Waals surface area (Å²) in [5, 5.41) is 9.89. The number of carbonyl (C=O) groups is 1. The summed E-state index contributed by atoms with van der Waals surface area (Å²) in [6.45, 7) is 0. The number of aliphatic hydroxyl groups is 1. The maximum absolute atomic E-state index is 11.9. The van der Waals surface area contributed by atoms with Crippen LogP contribution in [0.25, 0.3) is 0 Å². The molecule has 0 aliphatic carbocycles. The Labute approximate surface area is 192 Å². The van der Waals surface area contributed by atoms with Gasteiger partial charge in [0, 0.05) is 60.2 Å². The molecule has 0 amide bonds. The summed E-state index contributed by atoms with van der Waals surface area (Å²) < 4.78 is 14.3. The lowest BCUT2D eigenvalue weighted by Gasteiger charge is -2.35. The Morgan fingerprint density at radius 1 is 0.781 bits per heavy atom. The molecule has 0 saturated heterocycles. The SMILES string of the molecule is CN(C)[P+](On1cccc1)(N(C)C)N(C)C.O=C(c1ccccc1)C(O)c1ccccc1. The fourth-order valence-corrected chi connectivity index (χ4v) is 6.29. The molecule has 1 atom stereocenters. The molecule has 0 saturated carbocycles. The first-order valence-corrected chi connectivity index (χ1v) is 11.8. The van der Waals surface area contributed by atoms with E-state index in [-0.39, 0.29) is 5.78 Å². The molecular weight excluding hydrogens is 423 g/mol. The Morgan fingerprint density at radius 3 is 1.66 bits per heavy atom. The Bertz CT molecular complexity index is 911. The van der Waals surface area contributed by atoms with Crippen molar-refractivity contribution < 1.29 is 14.5 Å². The molecule has 3 rings (SSSR count). The van der Waals surface area contributed by atoms with Crippen LogP contribution in [-0.2, 0) is 0 Å². The predicted molar refractivity (Wildman–Crippen MR) is 131 cm³/mol. The molecule has 0 bridgehead atoms. The first-order chi connectivity index (χ1) is 15.2. The maximum Gasteiger partial charge on any atom is 0.447 e. The molecule has 1 heterocycles. The highest BCUT2D eigenvalue weighted by molar-refractivity contribution is 7.64. The van der Waals surface area contributed by atoms with E-state index < -0.39 is 14.0 Å². The third-order valence-electron chi connectivity index (χ3n) is 4.77. The van der Waals surface area contributed by atoms with E-state index in [0.717, 1.165) is 0 Å². The van der Waals surface area contributed by atoms with Crippen LogP contribution >= 0.6 is 7.94 Å². The zero-order chi connectivity index (χ0) is 23.7. The van der Waals surface area contributed by atoms with Crippen LogP contribution in [0.3, 0.4) is 0 Å². The molecule has 1 unspecified atom stereocenters. The minimum atomic E-state index is -1.94.